The highest BCUT2D eigenvalue weighted by Crippen LogP contribution is 2.33. The minimum Gasteiger partial charge on any atom is -0.467 e. The SMILES string of the molecule is CCc1ccc(N(C(=O)c2snc(C=O)c2N)C(C(=O)NC2CCCC2)c2ccco2)cc1. The molecule has 4 rings (SSSR count). The van der Waals surface area contributed by atoms with Crippen LogP contribution in [-0.4, -0.2) is 28.5 Å². The van der Waals surface area contributed by atoms with Gasteiger partial charge in [0.05, 0.1) is 12.0 Å². The van der Waals surface area contributed by atoms with Gasteiger partial charge in [0.15, 0.2) is 12.3 Å². The van der Waals surface area contributed by atoms with E-state index in [9.17, 15) is 14.4 Å². The van der Waals surface area contributed by atoms with Crippen molar-refractivity contribution in [3.8, 4) is 0 Å². The molecule has 1 unspecified atom stereocenters. The number of aryl methyl sites for hydroxylation is 1. The van der Waals surface area contributed by atoms with Gasteiger partial charge in [-0.3, -0.25) is 19.3 Å². The van der Waals surface area contributed by atoms with Crippen LogP contribution >= 0.6 is 11.5 Å². The Morgan fingerprint density at radius 1 is 1.27 bits per heavy atom. The highest BCUT2D eigenvalue weighted by atomic mass is 32.1. The van der Waals surface area contributed by atoms with Crippen molar-refractivity contribution >= 4 is 41.0 Å². The number of nitrogen functional groups attached to an aromatic ring is 1. The molecule has 1 atom stereocenters. The van der Waals surface area contributed by atoms with E-state index in [1.165, 1.54) is 11.2 Å². The van der Waals surface area contributed by atoms with Crippen LogP contribution in [0.25, 0.3) is 0 Å². The standard InChI is InChI=1S/C24H26N4O4S/c1-2-15-9-11-17(12-10-15)28(24(31)22-20(25)18(14-29)27-33-22)21(19-8-5-13-32-19)23(30)26-16-6-3-4-7-16/h5,8-14,16,21H,2-4,6-7,25H2,1H3,(H,26,30). The second-order valence-electron chi connectivity index (χ2n) is 8.03. The summed E-state index contributed by atoms with van der Waals surface area (Å²) in [6, 6.07) is 9.78. The molecule has 1 aliphatic carbocycles. The van der Waals surface area contributed by atoms with Crippen molar-refractivity contribution in [1.29, 1.82) is 0 Å². The first kappa shape index (κ1) is 22.7. The van der Waals surface area contributed by atoms with Gasteiger partial charge >= 0.3 is 0 Å². The minimum atomic E-state index is -1.05. The third-order valence-electron chi connectivity index (χ3n) is 5.92. The van der Waals surface area contributed by atoms with E-state index in [1.54, 1.807) is 24.3 Å². The maximum Gasteiger partial charge on any atom is 0.273 e. The number of nitrogens with two attached hydrogens (primary N) is 1. The summed E-state index contributed by atoms with van der Waals surface area (Å²) in [4.78, 5) is 40.1. The van der Waals surface area contributed by atoms with E-state index in [4.69, 9.17) is 10.2 Å². The Morgan fingerprint density at radius 2 is 2.00 bits per heavy atom. The van der Waals surface area contributed by atoms with Crippen molar-refractivity contribution < 1.29 is 18.8 Å². The summed E-state index contributed by atoms with van der Waals surface area (Å²) in [7, 11) is 0. The van der Waals surface area contributed by atoms with Crippen LogP contribution in [0.2, 0.25) is 0 Å². The van der Waals surface area contributed by atoms with Gasteiger partial charge in [0, 0.05) is 11.7 Å². The molecule has 2 heterocycles. The number of nitrogens with zero attached hydrogens (tertiary/aromatic N) is 2. The summed E-state index contributed by atoms with van der Waals surface area (Å²) in [5, 5.41) is 3.08. The third kappa shape index (κ3) is 4.68. The molecule has 1 aromatic carbocycles. The number of aldehydes is 1. The number of anilines is 2. The fraction of sp³-hybridized carbons (Fsp3) is 0.333. The lowest BCUT2D eigenvalue weighted by Crippen LogP contribution is -2.46. The van der Waals surface area contributed by atoms with Crippen molar-refractivity contribution in [2.45, 2.75) is 51.1 Å². The van der Waals surface area contributed by atoms with Gasteiger partial charge in [-0.15, -0.1) is 0 Å². The van der Waals surface area contributed by atoms with Crippen LogP contribution in [-0.2, 0) is 11.2 Å². The maximum absolute atomic E-state index is 13.8. The molecule has 9 heteroatoms. The number of rotatable bonds is 8. The molecular weight excluding hydrogens is 440 g/mol. The maximum atomic E-state index is 13.8. The van der Waals surface area contributed by atoms with Crippen molar-refractivity contribution in [1.82, 2.24) is 9.69 Å². The Bertz CT molecular complexity index is 1120. The molecule has 1 fully saturated rings. The van der Waals surface area contributed by atoms with E-state index in [1.807, 2.05) is 19.1 Å². The summed E-state index contributed by atoms with van der Waals surface area (Å²) in [6.07, 6.45) is 6.75. The molecule has 172 valence electrons. The van der Waals surface area contributed by atoms with E-state index < -0.39 is 11.9 Å². The van der Waals surface area contributed by atoms with Crippen LogP contribution in [0.4, 0.5) is 11.4 Å². The number of furan rings is 1. The topological polar surface area (TPSA) is 119 Å². The molecule has 0 saturated heterocycles. The molecule has 0 bridgehead atoms. The zero-order valence-corrected chi connectivity index (χ0v) is 19.1. The minimum absolute atomic E-state index is 0.00424. The molecule has 0 spiro atoms. The van der Waals surface area contributed by atoms with Crippen LogP contribution in [0.5, 0.6) is 0 Å². The number of amides is 2. The van der Waals surface area contributed by atoms with Crippen molar-refractivity contribution in [3.05, 3.63) is 64.6 Å². The number of carbonyl (C=O) groups excluding carboxylic acids is 3. The lowest BCUT2D eigenvalue weighted by molar-refractivity contribution is -0.123. The van der Waals surface area contributed by atoms with Crippen molar-refractivity contribution in [3.63, 3.8) is 0 Å². The zero-order chi connectivity index (χ0) is 23.4. The fourth-order valence-corrected chi connectivity index (χ4v) is 4.82. The molecule has 33 heavy (non-hydrogen) atoms. The lowest BCUT2D eigenvalue weighted by Gasteiger charge is -2.30. The predicted molar refractivity (Wildman–Crippen MR) is 126 cm³/mol. The van der Waals surface area contributed by atoms with Crippen molar-refractivity contribution in [2.75, 3.05) is 10.6 Å². The monoisotopic (exact) mass is 466 g/mol. The molecule has 2 aromatic heterocycles. The Labute approximate surface area is 195 Å². The molecule has 3 aromatic rings. The second-order valence-corrected chi connectivity index (χ2v) is 8.80. The van der Waals surface area contributed by atoms with Gasteiger partial charge < -0.3 is 15.5 Å². The van der Waals surface area contributed by atoms with Crippen molar-refractivity contribution in [2.24, 2.45) is 0 Å². The molecule has 2 amide bonds. The number of hydrogen-bond donors (Lipinski definition) is 2. The first-order valence-corrected chi connectivity index (χ1v) is 11.8. The Kier molecular flexibility index (Phi) is 6.88. The van der Waals surface area contributed by atoms with E-state index in [0.29, 0.717) is 17.7 Å². The van der Waals surface area contributed by atoms with E-state index in [2.05, 4.69) is 9.69 Å². The smallest absolute Gasteiger partial charge is 0.273 e. The van der Waals surface area contributed by atoms with Gasteiger partial charge in [-0.2, -0.15) is 4.37 Å². The number of aromatic nitrogens is 1. The number of hydrogen-bond acceptors (Lipinski definition) is 7. The number of carbonyl (C=O) groups is 3. The molecular formula is C24H26N4O4S. The molecule has 0 radical (unpaired) electrons. The average Bonchev–Trinajstić information content (AvgIpc) is 3.60. The Hall–Kier alpha value is -3.46. The second kappa shape index (κ2) is 9.99. The van der Waals surface area contributed by atoms with Gasteiger partial charge in [0.25, 0.3) is 11.8 Å². The Morgan fingerprint density at radius 3 is 2.58 bits per heavy atom. The van der Waals surface area contributed by atoms with Crippen LogP contribution in [0.15, 0.2) is 47.1 Å². The molecule has 8 nitrogen and oxygen atoms in total. The largest absolute Gasteiger partial charge is 0.467 e. The summed E-state index contributed by atoms with van der Waals surface area (Å²) in [5.74, 6) is -0.522. The predicted octanol–water partition coefficient (Wildman–Crippen LogP) is 4.14. The van der Waals surface area contributed by atoms with Crippen LogP contribution in [0, 0.1) is 0 Å². The van der Waals surface area contributed by atoms with Gasteiger partial charge in [-0.05, 0) is 60.6 Å². The Balaban J connectivity index is 1.80. The van der Waals surface area contributed by atoms with Gasteiger partial charge in [0.2, 0.25) is 0 Å². The molecule has 0 aliphatic heterocycles. The zero-order valence-electron chi connectivity index (χ0n) is 18.3. The van der Waals surface area contributed by atoms with E-state index in [-0.39, 0.29) is 28.2 Å². The molecule has 1 aliphatic rings. The number of nitrogens with one attached hydrogen (secondary N) is 1. The summed E-state index contributed by atoms with van der Waals surface area (Å²) >= 11 is 0.839. The van der Waals surface area contributed by atoms with Crippen LogP contribution in [0.3, 0.4) is 0 Å². The summed E-state index contributed by atoms with van der Waals surface area (Å²) < 4.78 is 9.60. The van der Waals surface area contributed by atoms with Gasteiger partial charge in [-0.1, -0.05) is 31.9 Å². The van der Waals surface area contributed by atoms with Gasteiger partial charge in [0.1, 0.15) is 16.3 Å². The first-order chi connectivity index (χ1) is 16.0. The quantitative estimate of drug-likeness (QED) is 0.482. The van der Waals surface area contributed by atoms with E-state index >= 15 is 0 Å². The molecule has 1 saturated carbocycles. The lowest BCUT2D eigenvalue weighted by atomic mass is 10.1. The van der Waals surface area contributed by atoms with E-state index in [0.717, 1.165) is 49.2 Å². The third-order valence-corrected chi connectivity index (χ3v) is 6.79. The average molecular weight is 467 g/mol. The fourth-order valence-electron chi connectivity index (χ4n) is 4.10. The highest BCUT2D eigenvalue weighted by molar-refractivity contribution is 7.09. The van der Waals surface area contributed by atoms with Crippen LogP contribution < -0.4 is 16.0 Å². The van der Waals surface area contributed by atoms with Crippen LogP contribution in [0.1, 0.15) is 70.1 Å². The molecule has 3 N–H and O–H groups in total. The summed E-state index contributed by atoms with van der Waals surface area (Å²) in [6.45, 7) is 2.04. The highest BCUT2D eigenvalue weighted by Gasteiger charge is 2.38. The normalized spacial score (nSPS) is 14.7. The number of benzene rings is 1. The first-order valence-electron chi connectivity index (χ1n) is 11.0. The van der Waals surface area contributed by atoms with Gasteiger partial charge in [-0.25, -0.2) is 0 Å². The summed E-state index contributed by atoms with van der Waals surface area (Å²) in [5.41, 5.74) is 7.67.